The summed E-state index contributed by atoms with van der Waals surface area (Å²) in [7, 11) is 0. The number of hydrogen-bond donors (Lipinski definition) is 1. The summed E-state index contributed by atoms with van der Waals surface area (Å²) in [6.45, 7) is 16.8. The average Bonchev–Trinajstić information content (AvgIpc) is 2.80. The van der Waals surface area contributed by atoms with E-state index in [2.05, 4.69) is 44.5 Å². The molecule has 17 heavy (non-hydrogen) atoms. The zero-order chi connectivity index (χ0) is 12.9. The first-order valence-electron chi connectivity index (χ1n) is 7.17. The van der Waals surface area contributed by atoms with E-state index >= 15 is 0 Å². The van der Waals surface area contributed by atoms with Crippen LogP contribution in [0.15, 0.2) is 12.2 Å². The number of rotatable bonds is 7. The highest BCUT2D eigenvalue weighted by atomic mass is 15.2. The Hall–Kier alpha value is -0.340. The van der Waals surface area contributed by atoms with Crippen molar-refractivity contribution < 1.29 is 0 Å². The highest BCUT2D eigenvalue weighted by Crippen LogP contribution is 2.30. The van der Waals surface area contributed by atoms with Gasteiger partial charge in [-0.05, 0) is 59.2 Å². The van der Waals surface area contributed by atoms with Gasteiger partial charge in [-0.3, -0.25) is 4.90 Å². The summed E-state index contributed by atoms with van der Waals surface area (Å²) in [6, 6.07) is 0.535. The normalized spacial score (nSPS) is 22.4. The molecule has 100 valence electrons. The Labute approximate surface area is 107 Å². The van der Waals surface area contributed by atoms with Crippen LogP contribution in [0.1, 0.15) is 53.4 Å². The van der Waals surface area contributed by atoms with E-state index in [1.807, 2.05) is 0 Å². The van der Waals surface area contributed by atoms with E-state index in [1.165, 1.54) is 37.9 Å². The molecule has 0 amide bonds. The van der Waals surface area contributed by atoms with Crippen LogP contribution < -0.4 is 5.32 Å². The summed E-state index contributed by atoms with van der Waals surface area (Å²) < 4.78 is 0. The third-order valence-electron chi connectivity index (χ3n) is 4.30. The van der Waals surface area contributed by atoms with E-state index in [4.69, 9.17) is 0 Å². The van der Waals surface area contributed by atoms with Crippen molar-refractivity contribution in [2.75, 3.05) is 19.6 Å². The third kappa shape index (κ3) is 3.56. The fourth-order valence-corrected chi connectivity index (χ4v) is 3.03. The molecular formula is C15H30N2. The maximum atomic E-state index is 4.09. The number of hydrogen-bond acceptors (Lipinski definition) is 2. The SMILES string of the molecule is C=C(C)CC(NCC)C(C)(CC)N1CCCC1. The number of nitrogens with zero attached hydrogens (tertiary/aromatic N) is 1. The molecule has 0 bridgehead atoms. The van der Waals surface area contributed by atoms with Gasteiger partial charge in [0.15, 0.2) is 0 Å². The van der Waals surface area contributed by atoms with Crippen molar-refractivity contribution in [3.05, 3.63) is 12.2 Å². The van der Waals surface area contributed by atoms with Gasteiger partial charge in [0.25, 0.3) is 0 Å². The Morgan fingerprint density at radius 3 is 2.35 bits per heavy atom. The summed E-state index contributed by atoms with van der Waals surface area (Å²) in [6.07, 6.45) is 5.02. The molecule has 0 aromatic carbocycles. The van der Waals surface area contributed by atoms with Gasteiger partial charge in [-0.2, -0.15) is 0 Å². The highest BCUT2D eigenvalue weighted by Gasteiger charge is 2.38. The second-order valence-electron chi connectivity index (χ2n) is 5.68. The zero-order valence-corrected chi connectivity index (χ0v) is 12.2. The second kappa shape index (κ2) is 6.55. The van der Waals surface area contributed by atoms with E-state index in [9.17, 15) is 0 Å². The number of likely N-dealkylation sites (tertiary alicyclic amines) is 1. The molecule has 0 aromatic rings. The molecule has 2 unspecified atom stereocenters. The predicted molar refractivity (Wildman–Crippen MR) is 76.4 cm³/mol. The average molecular weight is 238 g/mol. The Bertz CT molecular complexity index is 243. The second-order valence-corrected chi connectivity index (χ2v) is 5.68. The quantitative estimate of drug-likeness (QED) is 0.685. The summed E-state index contributed by atoms with van der Waals surface area (Å²) >= 11 is 0. The van der Waals surface area contributed by atoms with Crippen molar-refractivity contribution in [3.8, 4) is 0 Å². The maximum Gasteiger partial charge on any atom is 0.0334 e. The lowest BCUT2D eigenvalue weighted by atomic mass is 9.84. The van der Waals surface area contributed by atoms with Gasteiger partial charge in [0, 0.05) is 11.6 Å². The molecule has 1 heterocycles. The lowest BCUT2D eigenvalue weighted by molar-refractivity contribution is 0.0847. The molecule has 2 heteroatoms. The first-order valence-corrected chi connectivity index (χ1v) is 7.17. The molecule has 1 N–H and O–H groups in total. The minimum absolute atomic E-state index is 0.283. The molecule has 0 saturated carbocycles. The predicted octanol–water partition coefficient (Wildman–Crippen LogP) is 3.20. The molecule has 0 aliphatic carbocycles. The first-order chi connectivity index (χ1) is 8.04. The van der Waals surface area contributed by atoms with Crippen LogP contribution in [-0.4, -0.2) is 36.1 Å². The molecule has 1 aliphatic rings. The van der Waals surface area contributed by atoms with Gasteiger partial charge >= 0.3 is 0 Å². The van der Waals surface area contributed by atoms with Crippen molar-refractivity contribution in [3.63, 3.8) is 0 Å². The Balaban J connectivity index is 2.80. The molecule has 1 rings (SSSR count). The standard InChI is InChI=1S/C15H30N2/c1-6-15(5,17-10-8-9-11-17)14(16-7-2)12-13(3)4/h14,16H,3,6-12H2,1-2,4-5H3. The molecule has 0 spiro atoms. The van der Waals surface area contributed by atoms with Crippen LogP contribution in [0.25, 0.3) is 0 Å². The van der Waals surface area contributed by atoms with Gasteiger partial charge in [0.1, 0.15) is 0 Å². The minimum atomic E-state index is 0.283. The van der Waals surface area contributed by atoms with Gasteiger partial charge in [-0.25, -0.2) is 0 Å². The van der Waals surface area contributed by atoms with E-state index in [0.717, 1.165) is 13.0 Å². The van der Waals surface area contributed by atoms with Crippen LogP contribution >= 0.6 is 0 Å². The Kier molecular flexibility index (Phi) is 5.68. The molecule has 0 radical (unpaired) electrons. The van der Waals surface area contributed by atoms with Gasteiger partial charge < -0.3 is 5.32 Å². The van der Waals surface area contributed by atoms with Crippen molar-refractivity contribution in [1.82, 2.24) is 10.2 Å². The summed E-state index contributed by atoms with van der Waals surface area (Å²) in [4.78, 5) is 2.68. The van der Waals surface area contributed by atoms with Crippen LogP contribution in [0.5, 0.6) is 0 Å². The lowest BCUT2D eigenvalue weighted by Crippen LogP contribution is -2.58. The van der Waals surface area contributed by atoms with E-state index in [-0.39, 0.29) is 5.54 Å². The van der Waals surface area contributed by atoms with Crippen LogP contribution in [-0.2, 0) is 0 Å². The van der Waals surface area contributed by atoms with Crippen molar-refractivity contribution in [2.45, 2.75) is 65.0 Å². The van der Waals surface area contributed by atoms with Crippen molar-refractivity contribution >= 4 is 0 Å². The molecule has 1 saturated heterocycles. The minimum Gasteiger partial charge on any atom is -0.312 e. The summed E-state index contributed by atoms with van der Waals surface area (Å²) in [5.41, 5.74) is 1.57. The molecular weight excluding hydrogens is 208 g/mol. The third-order valence-corrected chi connectivity index (χ3v) is 4.30. The number of likely N-dealkylation sites (N-methyl/N-ethyl adjacent to an activating group) is 1. The van der Waals surface area contributed by atoms with E-state index < -0.39 is 0 Å². The van der Waals surface area contributed by atoms with E-state index in [1.54, 1.807) is 0 Å². The van der Waals surface area contributed by atoms with Crippen molar-refractivity contribution in [1.29, 1.82) is 0 Å². The van der Waals surface area contributed by atoms with Crippen LogP contribution in [0, 0.1) is 0 Å². The molecule has 1 aliphatic heterocycles. The first kappa shape index (κ1) is 14.7. The molecule has 2 nitrogen and oxygen atoms in total. The van der Waals surface area contributed by atoms with Crippen LogP contribution in [0.3, 0.4) is 0 Å². The molecule has 1 fully saturated rings. The van der Waals surface area contributed by atoms with Crippen LogP contribution in [0.4, 0.5) is 0 Å². The smallest absolute Gasteiger partial charge is 0.0334 e. The molecule has 2 atom stereocenters. The van der Waals surface area contributed by atoms with Crippen molar-refractivity contribution in [2.24, 2.45) is 0 Å². The fraction of sp³-hybridized carbons (Fsp3) is 0.867. The molecule has 0 aromatic heterocycles. The largest absolute Gasteiger partial charge is 0.312 e. The van der Waals surface area contributed by atoms with Crippen LogP contribution in [0.2, 0.25) is 0 Å². The topological polar surface area (TPSA) is 15.3 Å². The zero-order valence-electron chi connectivity index (χ0n) is 12.2. The highest BCUT2D eigenvalue weighted by molar-refractivity contribution is 5.04. The summed E-state index contributed by atoms with van der Waals surface area (Å²) in [5, 5.41) is 3.68. The fourth-order valence-electron chi connectivity index (χ4n) is 3.03. The Morgan fingerprint density at radius 1 is 1.35 bits per heavy atom. The van der Waals surface area contributed by atoms with Gasteiger partial charge in [-0.15, -0.1) is 6.58 Å². The Morgan fingerprint density at radius 2 is 1.94 bits per heavy atom. The van der Waals surface area contributed by atoms with Gasteiger partial charge in [0.05, 0.1) is 0 Å². The monoisotopic (exact) mass is 238 g/mol. The maximum absolute atomic E-state index is 4.09. The lowest BCUT2D eigenvalue weighted by Gasteiger charge is -2.45. The number of nitrogens with one attached hydrogen (secondary N) is 1. The van der Waals surface area contributed by atoms with E-state index in [0.29, 0.717) is 6.04 Å². The summed E-state index contributed by atoms with van der Waals surface area (Å²) in [5.74, 6) is 0. The van der Waals surface area contributed by atoms with Gasteiger partial charge in [-0.1, -0.05) is 19.4 Å². The van der Waals surface area contributed by atoms with Gasteiger partial charge in [0.2, 0.25) is 0 Å².